The zero-order valence-corrected chi connectivity index (χ0v) is 16.7. The van der Waals surface area contributed by atoms with Crippen LogP contribution in [-0.4, -0.2) is 62.5 Å². The number of rotatable bonds is 6. The fraction of sp³-hybridized carbons (Fsp3) is 0.739. The third-order valence-electron chi connectivity index (χ3n) is 6.86. The van der Waals surface area contributed by atoms with Crippen molar-refractivity contribution in [3.05, 3.63) is 35.9 Å². The smallest absolute Gasteiger partial charge is 0.0741 e. The predicted octanol–water partition coefficient (Wildman–Crippen LogP) is 3.26. The summed E-state index contributed by atoms with van der Waals surface area (Å²) in [6, 6.07) is 11.5. The standard InChI is InChI=1S/C23H36N2O2/c1-2-4-20(5-3-1)6-12-25-13-7-21(8-14-25)19-24-22-9-15-27-23(18-22)10-16-26-17-11-23/h1-5,21-22,24H,6-19H2/t22-/m0/s1. The van der Waals surface area contributed by atoms with Crippen LogP contribution in [0.25, 0.3) is 0 Å². The van der Waals surface area contributed by atoms with E-state index in [0.29, 0.717) is 6.04 Å². The summed E-state index contributed by atoms with van der Waals surface area (Å²) in [6.45, 7) is 7.55. The first-order chi connectivity index (χ1) is 13.3. The Labute approximate surface area is 164 Å². The summed E-state index contributed by atoms with van der Waals surface area (Å²) in [4.78, 5) is 2.65. The maximum absolute atomic E-state index is 6.18. The summed E-state index contributed by atoms with van der Waals surface area (Å²) in [5.74, 6) is 0.839. The molecule has 0 amide bonds. The minimum absolute atomic E-state index is 0.106. The maximum Gasteiger partial charge on any atom is 0.0741 e. The van der Waals surface area contributed by atoms with E-state index in [9.17, 15) is 0 Å². The molecule has 4 rings (SSSR count). The average Bonchev–Trinajstić information content (AvgIpc) is 2.73. The molecular weight excluding hydrogens is 336 g/mol. The number of piperidine rings is 1. The van der Waals surface area contributed by atoms with E-state index in [0.717, 1.165) is 38.6 Å². The van der Waals surface area contributed by atoms with Crippen molar-refractivity contribution in [1.82, 2.24) is 10.2 Å². The van der Waals surface area contributed by atoms with Gasteiger partial charge in [-0.3, -0.25) is 0 Å². The Kier molecular flexibility index (Phi) is 6.82. The number of hydrogen-bond acceptors (Lipinski definition) is 4. The highest BCUT2D eigenvalue weighted by molar-refractivity contribution is 5.14. The molecule has 0 radical (unpaired) electrons. The van der Waals surface area contributed by atoms with E-state index < -0.39 is 0 Å². The lowest BCUT2D eigenvalue weighted by Gasteiger charge is -2.44. The highest BCUT2D eigenvalue weighted by atomic mass is 16.5. The van der Waals surface area contributed by atoms with Crippen LogP contribution in [0.4, 0.5) is 0 Å². The van der Waals surface area contributed by atoms with Gasteiger partial charge in [-0.15, -0.1) is 0 Å². The van der Waals surface area contributed by atoms with Crippen LogP contribution < -0.4 is 5.32 Å². The van der Waals surface area contributed by atoms with Crippen LogP contribution in [0.1, 0.15) is 44.1 Å². The third kappa shape index (κ3) is 5.54. The fourth-order valence-corrected chi connectivity index (χ4v) is 4.97. The molecule has 3 aliphatic rings. The van der Waals surface area contributed by atoms with Gasteiger partial charge in [0.15, 0.2) is 0 Å². The van der Waals surface area contributed by atoms with E-state index in [1.165, 1.54) is 63.8 Å². The minimum Gasteiger partial charge on any atom is -0.381 e. The fourth-order valence-electron chi connectivity index (χ4n) is 4.97. The van der Waals surface area contributed by atoms with Gasteiger partial charge in [-0.05, 0) is 76.1 Å². The van der Waals surface area contributed by atoms with Crippen molar-refractivity contribution in [1.29, 1.82) is 0 Å². The molecule has 0 aliphatic carbocycles. The Morgan fingerprint density at radius 1 is 1.00 bits per heavy atom. The van der Waals surface area contributed by atoms with Crippen molar-refractivity contribution < 1.29 is 9.47 Å². The second-order valence-electron chi connectivity index (χ2n) is 8.76. The summed E-state index contributed by atoms with van der Waals surface area (Å²) in [5.41, 5.74) is 1.57. The summed E-state index contributed by atoms with van der Waals surface area (Å²) in [7, 11) is 0. The van der Waals surface area contributed by atoms with Crippen LogP contribution in [0, 0.1) is 5.92 Å². The molecule has 3 fully saturated rings. The van der Waals surface area contributed by atoms with Gasteiger partial charge in [0, 0.05) is 32.4 Å². The van der Waals surface area contributed by atoms with Gasteiger partial charge in [0.1, 0.15) is 0 Å². The van der Waals surface area contributed by atoms with Crippen LogP contribution in [0.2, 0.25) is 0 Å². The monoisotopic (exact) mass is 372 g/mol. The van der Waals surface area contributed by atoms with Gasteiger partial charge in [0.2, 0.25) is 0 Å². The summed E-state index contributed by atoms with van der Waals surface area (Å²) >= 11 is 0. The molecule has 1 aromatic carbocycles. The molecule has 0 bridgehead atoms. The molecule has 150 valence electrons. The number of nitrogens with one attached hydrogen (secondary N) is 1. The van der Waals surface area contributed by atoms with Crippen molar-refractivity contribution in [2.24, 2.45) is 5.92 Å². The maximum atomic E-state index is 6.18. The van der Waals surface area contributed by atoms with Gasteiger partial charge in [0.25, 0.3) is 0 Å². The van der Waals surface area contributed by atoms with E-state index in [2.05, 4.69) is 40.5 Å². The number of benzene rings is 1. The number of hydrogen-bond donors (Lipinski definition) is 1. The molecule has 0 aromatic heterocycles. The zero-order chi connectivity index (χ0) is 18.4. The topological polar surface area (TPSA) is 33.7 Å². The molecule has 4 nitrogen and oxygen atoms in total. The van der Waals surface area contributed by atoms with Gasteiger partial charge in [-0.25, -0.2) is 0 Å². The molecule has 4 heteroatoms. The Morgan fingerprint density at radius 3 is 2.56 bits per heavy atom. The zero-order valence-electron chi connectivity index (χ0n) is 16.7. The van der Waals surface area contributed by atoms with Crippen LogP contribution >= 0.6 is 0 Å². The first-order valence-electron chi connectivity index (χ1n) is 11.0. The molecule has 1 N–H and O–H groups in total. The first-order valence-corrected chi connectivity index (χ1v) is 11.0. The molecular formula is C23H36N2O2. The molecule has 3 aliphatic heterocycles. The highest BCUT2D eigenvalue weighted by Crippen LogP contribution is 2.34. The number of likely N-dealkylation sites (tertiary alicyclic amines) is 1. The van der Waals surface area contributed by atoms with Gasteiger partial charge in [-0.1, -0.05) is 30.3 Å². The van der Waals surface area contributed by atoms with E-state index in [4.69, 9.17) is 9.47 Å². The van der Waals surface area contributed by atoms with Gasteiger partial charge < -0.3 is 19.7 Å². The Morgan fingerprint density at radius 2 is 1.78 bits per heavy atom. The lowest BCUT2D eigenvalue weighted by Crippen LogP contribution is -2.51. The SMILES string of the molecule is c1ccc(CCN2CCC(CN[C@H]3CCOC4(CCOCC4)C3)CC2)cc1. The third-order valence-corrected chi connectivity index (χ3v) is 6.86. The van der Waals surface area contributed by atoms with Crippen LogP contribution in [-0.2, 0) is 15.9 Å². The van der Waals surface area contributed by atoms with Crippen LogP contribution in [0.15, 0.2) is 30.3 Å². The van der Waals surface area contributed by atoms with E-state index >= 15 is 0 Å². The van der Waals surface area contributed by atoms with Crippen LogP contribution in [0.3, 0.4) is 0 Å². The molecule has 3 heterocycles. The normalized spacial score (nSPS) is 27.0. The first kappa shape index (κ1) is 19.4. The van der Waals surface area contributed by atoms with E-state index in [-0.39, 0.29) is 5.60 Å². The quantitative estimate of drug-likeness (QED) is 0.831. The molecule has 0 unspecified atom stereocenters. The molecule has 1 atom stereocenters. The van der Waals surface area contributed by atoms with E-state index in [1.54, 1.807) is 0 Å². The van der Waals surface area contributed by atoms with Crippen molar-refractivity contribution >= 4 is 0 Å². The number of ether oxygens (including phenoxy) is 2. The van der Waals surface area contributed by atoms with E-state index in [1.807, 2.05) is 0 Å². The highest BCUT2D eigenvalue weighted by Gasteiger charge is 2.39. The Hall–Kier alpha value is -0.940. The second-order valence-corrected chi connectivity index (χ2v) is 8.76. The molecule has 3 saturated heterocycles. The number of nitrogens with zero attached hydrogens (tertiary/aromatic N) is 1. The molecule has 27 heavy (non-hydrogen) atoms. The molecule has 1 spiro atoms. The Bertz CT molecular complexity index is 545. The predicted molar refractivity (Wildman–Crippen MR) is 109 cm³/mol. The summed E-state index contributed by atoms with van der Waals surface area (Å²) < 4.78 is 11.7. The lowest BCUT2D eigenvalue weighted by molar-refractivity contribution is -0.140. The second kappa shape index (κ2) is 9.51. The summed E-state index contributed by atoms with van der Waals surface area (Å²) in [6.07, 6.45) is 8.34. The lowest BCUT2D eigenvalue weighted by atomic mass is 9.84. The van der Waals surface area contributed by atoms with Crippen molar-refractivity contribution in [3.8, 4) is 0 Å². The molecule has 0 saturated carbocycles. The largest absolute Gasteiger partial charge is 0.381 e. The minimum atomic E-state index is 0.106. The van der Waals surface area contributed by atoms with Crippen LogP contribution in [0.5, 0.6) is 0 Å². The van der Waals surface area contributed by atoms with Crippen molar-refractivity contribution in [3.63, 3.8) is 0 Å². The van der Waals surface area contributed by atoms with Gasteiger partial charge in [-0.2, -0.15) is 0 Å². The van der Waals surface area contributed by atoms with Crippen molar-refractivity contribution in [2.75, 3.05) is 46.0 Å². The van der Waals surface area contributed by atoms with Gasteiger partial charge >= 0.3 is 0 Å². The average molecular weight is 373 g/mol. The summed E-state index contributed by atoms with van der Waals surface area (Å²) in [5, 5.41) is 3.90. The molecule has 1 aromatic rings. The van der Waals surface area contributed by atoms with Crippen molar-refractivity contribution in [2.45, 2.75) is 56.6 Å². The Balaban J connectivity index is 1.14. The van der Waals surface area contributed by atoms with Gasteiger partial charge in [0.05, 0.1) is 5.60 Å².